The second-order valence-corrected chi connectivity index (χ2v) is 6.18. The first-order chi connectivity index (χ1) is 7.99. The van der Waals surface area contributed by atoms with Gasteiger partial charge >= 0.3 is 0 Å². The summed E-state index contributed by atoms with van der Waals surface area (Å²) in [5.41, 5.74) is 0.775. The molecule has 0 bridgehead atoms. The van der Waals surface area contributed by atoms with Crippen LogP contribution in [0.25, 0.3) is 0 Å². The fourth-order valence-corrected chi connectivity index (χ4v) is 3.40. The maximum Gasteiger partial charge on any atom is 0.262 e. The molecule has 0 atom stereocenters. The number of rotatable bonds is 2. The number of benzene rings is 1. The van der Waals surface area contributed by atoms with Gasteiger partial charge in [-0.1, -0.05) is 0 Å². The molecule has 0 N–H and O–H groups in total. The molecule has 17 heavy (non-hydrogen) atoms. The van der Waals surface area contributed by atoms with Crippen LogP contribution >= 0.6 is 59.4 Å². The molecule has 7 heteroatoms. The van der Waals surface area contributed by atoms with Crippen molar-refractivity contribution in [3.63, 3.8) is 0 Å². The van der Waals surface area contributed by atoms with Crippen LogP contribution in [0.3, 0.4) is 0 Å². The van der Waals surface area contributed by atoms with Crippen LogP contribution < -0.4 is 0 Å². The van der Waals surface area contributed by atoms with E-state index in [1.165, 1.54) is 0 Å². The Balaban J connectivity index is 2.62. The van der Waals surface area contributed by atoms with Gasteiger partial charge in [0.15, 0.2) is 0 Å². The summed E-state index contributed by atoms with van der Waals surface area (Å²) in [6.07, 6.45) is 0. The first-order valence-electron chi connectivity index (χ1n) is 4.58. The lowest BCUT2D eigenvalue weighted by Crippen LogP contribution is -2.31. The molecular weight excluding hydrogens is 441 g/mol. The van der Waals surface area contributed by atoms with Gasteiger partial charge in [0.25, 0.3) is 11.8 Å². The van der Waals surface area contributed by atoms with E-state index in [0.29, 0.717) is 20.1 Å². The van der Waals surface area contributed by atoms with Crippen molar-refractivity contribution in [3.8, 4) is 0 Å². The Morgan fingerprint density at radius 3 is 2.35 bits per heavy atom. The van der Waals surface area contributed by atoms with Crippen LogP contribution in [0.5, 0.6) is 0 Å². The minimum atomic E-state index is -0.314. The SMILES string of the molecule is O=C1c2cc(Br)c(Br)c(Br)c2C(=O)N1CCCl. The summed E-state index contributed by atoms with van der Waals surface area (Å²) >= 11 is 15.6. The van der Waals surface area contributed by atoms with Gasteiger partial charge in [-0.3, -0.25) is 14.5 Å². The Hall–Kier alpha value is 0.0900. The van der Waals surface area contributed by atoms with Crippen LogP contribution in [0.1, 0.15) is 20.7 Å². The number of alkyl halides is 1. The summed E-state index contributed by atoms with van der Waals surface area (Å²) in [6, 6.07) is 1.64. The van der Waals surface area contributed by atoms with Crippen LogP contribution in [0.15, 0.2) is 19.5 Å². The normalized spacial score (nSPS) is 14.5. The van der Waals surface area contributed by atoms with E-state index in [1.807, 2.05) is 0 Å². The molecule has 0 fully saturated rings. The molecule has 2 amide bonds. The van der Waals surface area contributed by atoms with E-state index in [2.05, 4.69) is 47.8 Å². The molecule has 0 radical (unpaired) electrons. The zero-order valence-corrected chi connectivity index (χ0v) is 13.8. The number of hydrogen-bond acceptors (Lipinski definition) is 2. The van der Waals surface area contributed by atoms with Crippen LogP contribution in [0.4, 0.5) is 0 Å². The topological polar surface area (TPSA) is 37.4 Å². The Morgan fingerprint density at radius 1 is 1.12 bits per heavy atom. The Morgan fingerprint density at radius 2 is 1.76 bits per heavy atom. The standard InChI is InChI=1S/C10H5Br3ClNO2/c11-5-3-4-6(8(13)7(5)12)10(17)15(2-1-14)9(4)16/h3H,1-2H2. The van der Waals surface area contributed by atoms with Crippen molar-refractivity contribution in [1.29, 1.82) is 0 Å². The molecule has 0 spiro atoms. The van der Waals surface area contributed by atoms with Crippen molar-refractivity contribution in [3.05, 3.63) is 30.6 Å². The van der Waals surface area contributed by atoms with Crippen molar-refractivity contribution in [1.82, 2.24) is 4.90 Å². The third-order valence-corrected chi connectivity index (χ3v) is 5.88. The van der Waals surface area contributed by atoms with Gasteiger partial charge in [0.2, 0.25) is 0 Å². The molecule has 1 aromatic carbocycles. The Bertz CT molecular complexity index is 533. The van der Waals surface area contributed by atoms with E-state index in [0.717, 1.165) is 9.37 Å². The molecule has 0 aliphatic carbocycles. The lowest BCUT2D eigenvalue weighted by molar-refractivity contribution is 0.0663. The summed E-state index contributed by atoms with van der Waals surface area (Å²) in [5.74, 6) is -0.393. The summed E-state index contributed by atoms with van der Waals surface area (Å²) in [6.45, 7) is 0.218. The summed E-state index contributed by atoms with van der Waals surface area (Å²) in [4.78, 5) is 25.2. The predicted octanol–water partition coefficient (Wildman–Crippen LogP) is 3.81. The maximum absolute atomic E-state index is 12.1. The number of halogens is 4. The maximum atomic E-state index is 12.1. The number of imide groups is 1. The van der Waals surface area contributed by atoms with Crippen molar-refractivity contribution >= 4 is 71.2 Å². The second kappa shape index (κ2) is 4.99. The molecule has 3 nitrogen and oxygen atoms in total. The molecular formula is C10H5Br3ClNO2. The molecule has 0 aromatic heterocycles. The molecule has 0 saturated carbocycles. The average Bonchev–Trinajstić information content (AvgIpc) is 2.52. The Kier molecular flexibility index (Phi) is 3.97. The van der Waals surface area contributed by atoms with Crippen molar-refractivity contribution in [2.24, 2.45) is 0 Å². The van der Waals surface area contributed by atoms with Gasteiger partial charge in [0.05, 0.1) is 11.1 Å². The van der Waals surface area contributed by atoms with E-state index in [4.69, 9.17) is 11.6 Å². The minimum Gasteiger partial charge on any atom is -0.273 e. The van der Waals surface area contributed by atoms with Crippen LogP contribution in [0, 0.1) is 0 Å². The zero-order valence-electron chi connectivity index (χ0n) is 8.27. The highest BCUT2D eigenvalue weighted by molar-refractivity contribution is 9.14. The van der Waals surface area contributed by atoms with Gasteiger partial charge in [-0.15, -0.1) is 11.6 Å². The quantitative estimate of drug-likeness (QED) is 0.394. The highest BCUT2D eigenvalue weighted by Crippen LogP contribution is 2.39. The molecule has 0 unspecified atom stereocenters. The highest BCUT2D eigenvalue weighted by Gasteiger charge is 2.38. The molecule has 0 saturated heterocycles. The fraction of sp³-hybridized carbons (Fsp3) is 0.200. The molecule has 90 valence electrons. The van der Waals surface area contributed by atoms with Gasteiger partial charge in [0, 0.05) is 25.8 Å². The van der Waals surface area contributed by atoms with Crippen LogP contribution in [-0.2, 0) is 0 Å². The third kappa shape index (κ3) is 2.09. The van der Waals surface area contributed by atoms with Gasteiger partial charge in [-0.25, -0.2) is 0 Å². The van der Waals surface area contributed by atoms with Crippen molar-refractivity contribution in [2.75, 3.05) is 12.4 Å². The van der Waals surface area contributed by atoms with Gasteiger partial charge in [-0.05, 0) is 53.9 Å². The first-order valence-corrected chi connectivity index (χ1v) is 7.50. The van der Waals surface area contributed by atoms with Crippen molar-refractivity contribution in [2.45, 2.75) is 0 Å². The van der Waals surface area contributed by atoms with Gasteiger partial charge < -0.3 is 0 Å². The third-order valence-electron chi connectivity index (χ3n) is 2.40. The lowest BCUT2D eigenvalue weighted by Gasteiger charge is -2.10. The Labute approximate surface area is 128 Å². The van der Waals surface area contributed by atoms with Crippen molar-refractivity contribution < 1.29 is 9.59 Å². The lowest BCUT2D eigenvalue weighted by atomic mass is 10.1. The molecule has 1 aromatic rings. The summed E-state index contributed by atoms with van der Waals surface area (Å²) in [7, 11) is 0. The second-order valence-electron chi connectivity index (χ2n) is 3.36. The number of hydrogen-bond donors (Lipinski definition) is 0. The van der Waals surface area contributed by atoms with E-state index >= 15 is 0 Å². The summed E-state index contributed by atoms with van der Waals surface area (Å²) < 4.78 is 2.01. The monoisotopic (exact) mass is 443 g/mol. The summed E-state index contributed by atoms with van der Waals surface area (Å²) in [5, 5.41) is 0. The highest BCUT2D eigenvalue weighted by atomic mass is 79.9. The predicted molar refractivity (Wildman–Crippen MR) is 75.6 cm³/mol. The van der Waals surface area contributed by atoms with Gasteiger partial charge in [0.1, 0.15) is 0 Å². The minimum absolute atomic E-state index is 0.218. The van der Waals surface area contributed by atoms with E-state index in [1.54, 1.807) is 6.07 Å². The van der Waals surface area contributed by atoms with Crippen LogP contribution in [0.2, 0.25) is 0 Å². The van der Waals surface area contributed by atoms with E-state index in [-0.39, 0.29) is 24.2 Å². The molecule has 1 aliphatic heterocycles. The smallest absolute Gasteiger partial charge is 0.262 e. The number of amides is 2. The van der Waals surface area contributed by atoms with E-state index in [9.17, 15) is 9.59 Å². The average molecular weight is 446 g/mol. The molecule has 1 heterocycles. The number of carbonyl (C=O) groups is 2. The fourth-order valence-electron chi connectivity index (χ4n) is 1.63. The van der Waals surface area contributed by atoms with Crippen LogP contribution in [-0.4, -0.2) is 29.1 Å². The number of fused-ring (bicyclic) bond motifs is 1. The zero-order chi connectivity index (χ0) is 12.7. The first kappa shape index (κ1) is 13.5. The number of carbonyl (C=O) groups excluding carboxylic acids is 2. The largest absolute Gasteiger partial charge is 0.273 e. The van der Waals surface area contributed by atoms with E-state index < -0.39 is 0 Å². The molecule has 1 aliphatic rings. The van der Waals surface area contributed by atoms with Gasteiger partial charge in [-0.2, -0.15) is 0 Å². The number of nitrogens with zero attached hydrogens (tertiary/aromatic N) is 1. The molecule has 2 rings (SSSR count).